The molecule has 14 heavy (non-hydrogen) atoms. The van der Waals surface area contributed by atoms with Gasteiger partial charge in [-0.1, -0.05) is 23.6 Å². The van der Waals surface area contributed by atoms with E-state index in [9.17, 15) is 0 Å². The number of rotatable bonds is 2. The minimum Gasteiger partial charge on any atom is -0.474 e. The highest BCUT2D eigenvalue weighted by atomic mass is 35.5. The number of hydrogen-bond donors (Lipinski definition) is 0. The van der Waals surface area contributed by atoms with E-state index in [1.54, 1.807) is 0 Å². The van der Waals surface area contributed by atoms with Crippen LogP contribution in [0.15, 0.2) is 18.2 Å². The number of hydrogen-bond acceptors (Lipinski definition) is 1. The average Bonchev–Trinajstić information content (AvgIpc) is 2.10. The van der Waals surface area contributed by atoms with Gasteiger partial charge in [0, 0.05) is 0 Å². The highest BCUT2D eigenvalue weighted by Crippen LogP contribution is 2.28. The molecule has 0 heterocycles. The molecular weight excluding hydrogens is 196 g/mol. The first-order valence-electron chi connectivity index (χ1n) is 4.37. The largest absolute Gasteiger partial charge is 0.474 e. The summed E-state index contributed by atoms with van der Waals surface area (Å²) in [6.07, 6.45) is 5.32. The smallest absolute Gasteiger partial charge is 0.163 e. The van der Waals surface area contributed by atoms with Crippen LogP contribution in [-0.4, -0.2) is 5.60 Å². The van der Waals surface area contributed by atoms with Crippen molar-refractivity contribution in [3.05, 3.63) is 28.8 Å². The van der Waals surface area contributed by atoms with Crippen molar-refractivity contribution in [3.63, 3.8) is 0 Å². The van der Waals surface area contributed by atoms with Gasteiger partial charge in [-0.25, -0.2) is 0 Å². The number of benzene rings is 1. The Balaban J connectivity index is 2.94. The van der Waals surface area contributed by atoms with Crippen LogP contribution in [0, 0.1) is 19.3 Å². The topological polar surface area (TPSA) is 9.23 Å². The normalized spacial score (nSPS) is 10.8. The predicted octanol–water partition coefficient (Wildman–Crippen LogP) is 3.44. The van der Waals surface area contributed by atoms with Crippen molar-refractivity contribution in [3.8, 4) is 18.1 Å². The van der Waals surface area contributed by atoms with Crippen LogP contribution in [0.5, 0.6) is 5.75 Å². The molecule has 0 saturated heterocycles. The first kappa shape index (κ1) is 10.9. The molecule has 0 aliphatic carbocycles. The molecular formula is C12H13ClO. The number of aryl methyl sites for hydroxylation is 1. The summed E-state index contributed by atoms with van der Waals surface area (Å²) < 4.78 is 5.57. The third kappa shape index (κ3) is 2.68. The fourth-order valence-corrected chi connectivity index (χ4v) is 1.27. The first-order valence-corrected chi connectivity index (χ1v) is 4.75. The number of terminal acetylenes is 1. The maximum atomic E-state index is 6.00. The second-order valence-corrected chi connectivity index (χ2v) is 4.10. The summed E-state index contributed by atoms with van der Waals surface area (Å²) in [5.74, 6) is 3.18. The van der Waals surface area contributed by atoms with E-state index in [4.69, 9.17) is 22.8 Å². The molecule has 74 valence electrons. The molecule has 0 fully saturated rings. The van der Waals surface area contributed by atoms with E-state index in [0.717, 1.165) is 5.56 Å². The van der Waals surface area contributed by atoms with Gasteiger partial charge in [-0.15, -0.1) is 6.42 Å². The van der Waals surface area contributed by atoms with Crippen LogP contribution in [-0.2, 0) is 0 Å². The van der Waals surface area contributed by atoms with Gasteiger partial charge in [0.05, 0.1) is 5.02 Å². The molecule has 0 amide bonds. The minimum absolute atomic E-state index is 0.591. The molecule has 0 saturated carbocycles. The fourth-order valence-electron chi connectivity index (χ4n) is 0.993. The Kier molecular flexibility index (Phi) is 3.08. The van der Waals surface area contributed by atoms with Gasteiger partial charge in [0.15, 0.2) is 5.60 Å². The van der Waals surface area contributed by atoms with E-state index in [-0.39, 0.29) is 0 Å². The third-order valence-corrected chi connectivity index (χ3v) is 2.10. The predicted molar refractivity (Wildman–Crippen MR) is 59.7 cm³/mol. The molecule has 1 nitrogen and oxygen atoms in total. The third-order valence-electron chi connectivity index (χ3n) is 1.80. The van der Waals surface area contributed by atoms with E-state index in [0.29, 0.717) is 10.8 Å². The Morgan fingerprint density at radius 3 is 2.57 bits per heavy atom. The lowest BCUT2D eigenvalue weighted by atomic mass is 10.1. The van der Waals surface area contributed by atoms with Crippen molar-refractivity contribution in [2.75, 3.05) is 0 Å². The summed E-state index contributed by atoms with van der Waals surface area (Å²) in [7, 11) is 0. The SMILES string of the molecule is C#CC(C)(C)Oc1ccc(C)cc1Cl. The van der Waals surface area contributed by atoms with Crippen molar-refractivity contribution in [1.29, 1.82) is 0 Å². The van der Waals surface area contributed by atoms with Crippen molar-refractivity contribution in [2.24, 2.45) is 0 Å². The summed E-state index contributed by atoms with van der Waals surface area (Å²) in [4.78, 5) is 0. The van der Waals surface area contributed by atoms with Gasteiger partial charge in [-0.3, -0.25) is 0 Å². The Morgan fingerprint density at radius 2 is 2.07 bits per heavy atom. The summed E-state index contributed by atoms with van der Waals surface area (Å²) in [5.41, 5.74) is 0.472. The zero-order valence-corrected chi connectivity index (χ0v) is 9.35. The minimum atomic E-state index is -0.626. The molecule has 1 rings (SSSR count). The van der Waals surface area contributed by atoms with Crippen LogP contribution < -0.4 is 4.74 Å². The zero-order chi connectivity index (χ0) is 10.8. The van der Waals surface area contributed by atoms with Crippen LogP contribution in [0.3, 0.4) is 0 Å². The summed E-state index contributed by atoms with van der Waals surface area (Å²) >= 11 is 6.00. The van der Waals surface area contributed by atoms with E-state index >= 15 is 0 Å². The van der Waals surface area contributed by atoms with Crippen molar-refractivity contribution in [2.45, 2.75) is 26.4 Å². The molecule has 0 atom stereocenters. The first-order chi connectivity index (χ1) is 6.44. The Hall–Kier alpha value is -1.13. The van der Waals surface area contributed by atoms with Gasteiger partial charge >= 0.3 is 0 Å². The van der Waals surface area contributed by atoms with E-state index in [2.05, 4.69) is 5.92 Å². The standard InChI is InChI=1S/C12H13ClO/c1-5-12(3,4)14-11-7-6-9(2)8-10(11)13/h1,6-8H,2-4H3. The van der Waals surface area contributed by atoms with Crippen molar-refractivity contribution < 1.29 is 4.74 Å². The van der Waals surface area contributed by atoms with Crippen molar-refractivity contribution >= 4 is 11.6 Å². The maximum Gasteiger partial charge on any atom is 0.163 e. The van der Waals surface area contributed by atoms with E-state index in [1.165, 1.54) is 0 Å². The van der Waals surface area contributed by atoms with Gasteiger partial charge in [0.2, 0.25) is 0 Å². The zero-order valence-electron chi connectivity index (χ0n) is 8.60. The summed E-state index contributed by atoms with van der Waals surface area (Å²) in [5, 5.41) is 0.591. The Bertz CT molecular complexity index is 374. The molecule has 0 aliphatic rings. The number of halogens is 1. The van der Waals surface area contributed by atoms with Gasteiger partial charge in [-0.2, -0.15) is 0 Å². The summed E-state index contributed by atoms with van der Waals surface area (Å²) in [6, 6.07) is 5.62. The molecule has 0 spiro atoms. The van der Waals surface area contributed by atoms with Gasteiger partial charge in [0.1, 0.15) is 5.75 Å². The molecule has 0 bridgehead atoms. The second kappa shape index (κ2) is 3.94. The highest BCUT2D eigenvalue weighted by Gasteiger charge is 2.16. The van der Waals surface area contributed by atoms with Gasteiger partial charge in [0.25, 0.3) is 0 Å². The molecule has 2 heteroatoms. The molecule has 0 aromatic heterocycles. The Labute approximate surface area is 90.0 Å². The lowest BCUT2D eigenvalue weighted by Gasteiger charge is -2.21. The maximum absolute atomic E-state index is 6.00. The van der Waals surface area contributed by atoms with Crippen LogP contribution in [0.2, 0.25) is 5.02 Å². The summed E-state index contributed by atoms with van der Waals surface area (Å²) in [6.45, 7) is 5.62. The van der Waals surface area contributed by atoms with Gasteiger partial charge in [-0.05, 0) is 38.5 Å². The van der Waals surface area contributed by atoms with Crippen LogP contribution in [0.4, 0.5) is 0 Å². The lowest BCUT2D eigenvalue weighted by molar-refractivity contribution is 0.172. The molecule has 0 aliphatic heterocycles. The number of ether oxygens (including phenoxy) is 1. The molecule has 0 unspecified atom stereocenters. The van der Waals surface area contributed by atoms with Gasteiger partial charge < -0.3 is 4.74 Å². The average molecular weight is 209 g/mol. The van der Waals surface area contributed by atoms with E-state index < -0.39 is 5.60 Å². The van der Waals surface area contributed by atoms with Crippen LogP contribution >= 0.6 is 11.6 Å². The molecule has 1 aromatic rings. The highest BCUT2D eigenvalue weighted by molar-refractivity contribution is 6.32. The van der Waals surface area contributed by atoms with Crippen molar-refractivity contribution in [1.82, 2.24) is 0 Å². The monoisotopic (exact) mass is 208 g/mol. The molecule has 1 aromatic carbocycles. The second-order valence-electron chi connectivity index (χ2n) is 3.69. The lowest BCUT2D eigenvalue weighted by Crippen LogP contribution is -2.25. The fraction of sp³-hybridized carbons (Fsp3) is 0.333. The quantitative estimate of drug-likeness (QED) is 0.677. The Morgan fingerprint density at radius 1 is 1.43 bits per heavy atom. The van der Waals surface area contributed by atoms with Crippen LogP contribution in [0.1, 0.15) is 19.4 Å². The van der Waals surface area contributed by atoms with E-state index in [1.807, 2.05) is 39.0 Å². The molecule has 0 N–H and O–H groups in total. The molecule has 0 radical (unpaired) electrons. The van der Waals surface area contributed by atoms with Crippen LogP contribution in [0.25, 0.3) is 0 Å².